The number of carbonyl (C=O) groups is 3. The molecule has 1 N–H and O–H groups in total. The molecule has 36 heavy (non-hydrogen) atoms. The first kappa shape index (κ1) is 23.6. The van der Waals surface area contributed by atoms with Crippen LogP contribution in [0.15, 0.2) is 18.5 Å². The first-order chi connectivity index (χ1) is 17.4. The molecule has 7 rings (SSSR count). The van der Waals surface area contributed by atoms with Gasteiger partial charge in [0.05, 0.1) is 11.5 Å². The van der Waals surface area contributed by atoms with Crippen LogP contribution in [0.5, 0.6) is 0 Å². The van der Waals surface area contributed by atoms with Gasteiger partial charge in [0.25, 0.3) is 5.91 Å². The fourth-order valence-electron chi connectivity index (χ4n) is 7.87. The van der Waals surface area contributed by atoms with Gasteiger partial charge in [-0.2, -0.15) is 0 Å². The Morgan fingerprint density at radius 1 is 0.944 bits per heavy atom. The maximum atomic E-state index is 13.8. The average Bonchev–Trinajstić information content (AvgIpc) is 3.28. The zero-order valence-corrected chi connectivity index (χ0v) is 20.6. The molecule has 0 radical (unpaired) electrons. The molecule has 0 unspecified atom stereocenters. The highest BCUT2D eigenvalue weighted by Gasteiger charge is 2.57. The number of esters is 1. The predicted molar refractivity (Wildman–Crippen MR) is 129 cm³/mol. The summed E-state index contributed by atoms with van der Waals surface area (Å²) in [5.41, 5.74) is -0.380. The minimum Gasteiger partial charge on any atom is -0.454 e. The number of aliphatic hydroxyl groups is 1. The molecule has 1 aromatic rings. The van der Waals surface area contributed by atoms with Crippen LogP contribution in [-0.2, 0) is 19.1 Å². The molecular formula is C26H35N5O5. The number of aromatic nitrogens is 2. The minimum absolute atomic E-state index is 0.0191. The Morgan fingerprint density at radius 2 is 1.56 bits per heavy atom. The number of hydrogen-bond donors (Lipinski definition) is 1. The Labute approximate surface area is 211 Å². The summed E-state index contributed by atoms with van der Waals surface area (Å²) in [5, 5.41) is 10.4. The maximum absolute atomic E-state index is 13.8. The van der Waals surface area contributed by atoms with Crippen molar-refractivity contribution in [2.45, 2.75) is 57.1 Å². The van der Waals surface area contributed by atoms with Crippen molar-refractivity contribution in [1.82, 2.24) is 19.8 Å². The van der Waals surface area contributed by atoms with Gasteiger partial charge in [0.15, 0.2) is 6.61 Å². The van der Waals surface area contributed by atoms with E-state index >= 15 is 0 Å². The van der Waals surface area contributed by atoms with Gasteiger partial charge in [0, 0.05) is 51.5 Å². The number of ether oxygens (including phenoxy) is 1. The molecule has 2 aliphatic heterocycles. The number of likely N-dealkylation sites (tertiary alicyclic amines) is 1. The topological polar surface area (TPSA) is 116 Å². The van der Waals surface area contributed by atoms with Crippen molar-refractivity contribution in [1.29, 1.82) is 0 Å². The lowest BCUT2D eigenvalue weighted by Gasteiger charge is -2.56. The second-order valence-electron chi connectivity index (χ2n) is 11.6. The third-order valence-electron chi connectivity index (χ3n) is 9.11. The van der Waals surface area contributed by atoms with Gasteiger partial charge in [-0.1, -0.05) is 0 Å². The lowest BCUT2D eigenvalue weighted by molar-refractivity contribution is -0.166. The molecule has 10 nitrogen and oxygen atoms in total. The van der Waals surface area contributed by atoms with E-state index in [2.05, 4.69) is 9.97 Å². The summed E-state index contributed by atoms with van der Waals surface area (Å²) >= 11 is 0. The molecule has 1 aromatic heterocycles. The van der Waals surface area contributed by atoms with Crippen LogP contribution in [0.3, 0.4) is 0 Å². The summed E-state index contributed by atoms with van der Waals surface area (Å²) in [6.45, 7) is 2.00. The average molecular weight is 498 g/mol. The van der Waals surface area contributed by atoms with Gasteiger partial charge in [0.1, 0.15) is 6.04 Å². The Bertz CT molecular complexity index is 976. The van der Waals surface area contributed by atoms with Crippen LogP contribution < -0.4 is 4.90 Å². The van der Waals surface area contributed by atoms with Crippen molar-refractivity contribution >= 4 is 23.7 Å². The van der Waals surface area contributed by atoms with E-state index < -0.39 is 18.1 Å². The fourth-order valence-corrected chi connectivity index (χ4v) is 7.87. The van der Waals surface area contributed by atoms with E-state index in [1.54, 1.807) is 28.3 Å². The van der Waals surface area contributed by atoms with E-state index in [-0.39, 0.29) is 36.8 Å². The molecule has 0 spiro atoms. The van der Waals surface area contributed by atoms with Crippen LogP contribution in [0, 0.1) is 23.2 Å². The van der Waals surface area contributed by atoms with Crippen molar-refractivity contribution in [2.75, 3.05) is 44.2 Å². The van der Waals surface area contributed by atoms with E-state index in [0.29, 0.717) is 49.9 Å². The molecule has 6 fully saturated rings. The van der Waals surface area contributed by atoms with Crippen molar-refractivity contribution in [3.05, 3.63) is 18.5 Å². The third kappa shape index (κ3) is 4.33. The Morgan fingerprint density at radius 3 is 2.17 bits per heavy atom. The summed E-state index contributed by atoms with van der Waals surface area (Å²) in [6.07, 6.45) is 9.22. The number of aliphatic hydroxyl groups excluding tert-OH is 1. The summed E-state index contributed by atoms with van der Waals surface area (Å²) < 4.78 is 5.43. The Hall–Kier alpha value is -2.75. The highest BCUT2D eigenvalue weighted by atomic mass is 16.5. The lowest BCUT2D eigenvalue weighted by atomic mass is 9.49. The fraction of sp³-hybridized carbons (Fsp3) is 0.731. The van der Waals surface area contributed by atoms with E-state index in [4.69, 9.17) is 4.74 Å². The number of rotatable bonds is 5. The quantitative estimate of drug-likeness (QED) is 0.595. The smallest absolute Gasteiger partial charge is 0.329 e. The normalized spacial score (nSPS) is 35.2. The number of nitrogens with zero attached hydrogens (tertiary/aromatic N) is 5. The number of amides is 2. The van der Waals surface area contributed by atoms with Gasteiger partial charge >= 0.3 is 5.97 Å². The summed E-state index contributed by atoms with van der Waals surface area (Å²) in [4.78, 5) is 53.4. The number of β-amino-alcohol motifs (C(OH)–C–C–N with tert-alkyl or cyclic N) is 1. The SMILES string of the molecule is O=C(OCC(=O)N1CCN(c2ncccn2)CC1)[C@@H]1C[C@@H](O)CN1C(=O)C12CC3CC(CC(C3)C1)C2. The largest absolute Gasteiger partial charge is 0.454 e. The highest BCUT2D eigenvalue weighted by molar-refractivity contribution is 5.90. The van der Waals surface area contributed by atoms with Gasteiger partial charge in [-0.25, -0.2) is 14.8 Å². The molecular weight excluding hydrogens is 462 g/mol. The molecule has 0 aromatic carbocycles. The first-order valence-corrected chi connectivity index (χ1v) is 13.4. The number of anilines is 1. The zero-order valence-electron chi connectivity index (χ0n) is 20.6. The van der Waals surface area contributed by atoms with Crippen molar-refractivity contribution in [2.24, 2.45) is 23.2 Å². The molecule has 4 saturated carbocycles. The van der Waals surface area contributed by atoms with Gasteiger partial charge in [-0.15, -0.1) is 0 Å². The molecule has 6 aliphatic rings. The van der Waals surface area contributed by atoms with Crippen LogP contribution in [0.25, 0.3) is 0 Å². The van der Waals surface area contributed by atoms with Gasteiger partial charge < -0.3 is 24.5 Å². The minimum atomic E-state index is -0.819. The van der Waals surface area contributed by atoms with Crippen LogP contribution >= 0.6 is 0 Å². The monoisotopic (exact) mass is 497 g/mol. The van der Waals surface area contributed by atoms with E-state index in [1.807, 2.05) is 4.90 Å². The molecule has 2 atom stereocenters. The molecule has 2 amide bonds. The van der Waals surface area contributed by atoms with Crippen molar-refractivity contribution < 1.29 is 24.2 Å². The predicted octanol–water partition coefficient (Wildman–Crippen LogP) is 0.847. The summed E-state index contributed by atoms with van der Waals surface area (Å²) in [6, 6.07) is 0.944. The standard InChI is InChI=1S/C26H35N5O5/c32-20-11-21(31(15-20)24(35)26-12-17-8-18(13-26)10-19(9-17)14-26)23(34)36-16-22(33)29-4-6-30(7-5-29)25-27-2-1-3-28-25/h1-3,17-21,32H,4-16H2/t17?,18?,19?,20-,21+,26?/m1/s1. The molecule has 4 aliphatic carbocycles. The second-order valence-corrected chi connectivity index (χ2v) is 11.6. The van der Waals surface area contributed by atoms with Gasteiger partial charge in [-0.05, 0) is 62.3 Å². The number of carbonyl (C=O) groups excluding carboxylic acids is 3. The second kappa shape index (κ2) is 9.28. The Balaban J connectivity index is 1.04. The van der Waals surface area contributed by atoms with E-state index in [0.717, 1.165) is 19.3 Å². The molecule has 2 saturated heterocycles. The van der Waals surface area contributed by atoms with Crippen LogP contribution in [0.2, 0.25) is 0 Å². The zero-order chi connectivity index (χ0) is 24.9. The van der Waals surface area contributed by atoms with Crippen molar-refractivity contribution in [3.63, 3.8) is 0 Å². The molecule has 10 heteroatoms. The van der Waals surface area contributed by atoms with E-state index in [9.17, 15) is 19.5 Å². The van der Waals surface area contributed by atoms with Gasteiger partial charge in [0.2, 0.25) is 11.9 Å². The lowest BCUT2D eigenvalue weighted by Crippen LogP contribution is -2.56. The molecule has 194 valence electrons. The molecule has 3 heterocycles. The first-order valence-electron chi connectivity index (χ1n) is 13.4. The van der Waals surface area contributed by atoms with Crippen molar-refractivity contribution in [3.8, 4) is 0 Å². The number of piperazine rings is 1. The molecule has 4 bridgehead atoms. The summed E-state index contributed by atoms with van der Waals surface area (Å²) in [7, 11) is 0. The van der Waals surface area contributed by atoms with Crippen LogP contribution in [-0.4, -0.2) is 94.1 Å². The maximum Gasteiger partial charge on any atom is 0.329 e. The van der Waals surface area contributed by atoms with Crippen LogP contribution in [0.1, 0.15) is 44.9 Å². The Kier molecular flexibility index (Phi) is 6.09. The highest BCUT2D eigenvalue weighted by Crippen LogP contribution is 2.60. The van der Waals surface area contributed by atoms with Gasteiger partial charge in [-0.3, -0.25) is 9.59 Å². The van der Waals surface area contributed by atoms with Crippen LogP contribution in [0.4, 0.5) is 5.95 Å². The number of hydrogen-bond acceptors (Lipinski definition) is 8. The summed E-state index contributed by atoms with van der Waals surface area (Å²) in [5.74, 6) is 1.66. The third-order valence-corrected chi connectivity index (χ3v) is 9.11. The van der Waals surface area contributed by atoms with E-state index in [1.165, 1.54) is 19.3 Å².